The maximum Gasteiger partial charge on any atom is 0.123 e. The Kier molecular flexibility index (Phi) is 10.00. The van der Waals surface area contributed by atoms with E-state index in [9.17, 15) is 4.39 Å². The van der Waals surface area contributed by atoms with E-state index in [-0.39, 0.29) is 5.82 Å². The van der Waals surface area contributed by atoms with Crippen LogP contribution in [0.5, 0.6) is 0 Å². The molecule has 0 amide bonds. The van der Waals surface area contributed by atoms with Crippen molar-refractivity contribution in [1.82, 2.24) is 0 Å². The molecule has 2 aromatic carbocycles. The molecule has 4 heteroatoms. The SMILES string of the molecule is C=C.CNc1cccc(C)c1/C=C/c1ccc(F)cc1C.NN. The van der Waals surface area contributed by atoms with Gasteiger partial charge in [-0.2, -0.15) is 0 Å². The van der Waals surface area contributed by atoms with E-state index in [1.807, 2.05) is 32.2 Å². The van der Waals surface area contributed by atoms with Crippen LogP contribution in [0.4, 0.5) is 10.1 Å². The molecule has 0 saturated carbocycles. The summed E-state index contributed by atoms with van der Waals surface area (Å²) < 4.78 is 13.1. The molecule has 2 aromatic rings. The predicted octanol–water partition coefficient (Wildman–Crippen LogP) is 4.28. The quantitative estimate of drug-likeness (QED) is 0.343. The third kappa shape index (κ3) is 6.06. The summed E-state index contributed by atoms with van der Waals surface area (Å²) in [5.74, 6) is 7.81. The van der Waals surface area contributed by atoms with Crippen LogP contribution in [0.25, 0.3) is 12.2 Å². The molecule has 0 fully saturated rings. The molecule has 0 aromatic heterocycles. The van der Waals surface area contributed by atoms with Gasteiger partial charge < -0.3 is 5.32 Å². The summed E-state index contributed by atoms with van der Waals surface area (Å²) in [5.41, 5.74) is 5.44. The lowest BCUT2D eigenvalue weighted by Gasteiger charge is -2.08. The van der Waals surface area contributed by atoms with Gasteiger partial charge in [-0.25, -0.2) is 4.39 Å². The van der Waals surface area contributed by atoms with Gasteiger partial charge in [0.2, 0.25) is 0 Å². The first-order chi connectivity index (χ1) is 11.1. The van der Waals surface area contributed by atoms with Crippen molar-refractivity contribution >= 4 is 17.8 Å². The molecule has 0 atom stereocenters. The number of hydrazine groups is 1. The van der Waals surface area contributed by atoms with E-state index in [4.69, 9.17) is 0 Å². The van der Waals surface area contributed by atoms with Crippen molar-refractivity contribution in [2.45, 2.75) is 13.8 Å². The average Bonchev–Trinajstić information content (AvgIpc) is 2.58. The van der Waals surface area contributed by atoms with Crippen molar-refractivity contribution in [3.63, 3.8) is 0 Å². The summed E-state index contributed by atoms with van der Waals surface area (Å²) >= 11 is 0. The number of aryl methyl sites for hydroxylation is 2. The Morgan fingerprint density at radius 3 is 2.22 bits per heavy atom. The number of hydrogen-bond donors (Lipinski definition) is 3. The minimum Gasteiger partial charge on any atom is -0.388 e. The number of nitrogens with two attached hydrogens (primary N) is 2. The molecule has 0 spiro atoms. The molecular formula is C19H26FN3. The van der Waals surface area contributed by atoms with E-state index in [1.165, 1.54) is 11.6 Å². The summed E-state index contributed by atoms with van der Waals surface area (Å²) in [7, 11) is 1.91. The molecule has 0 heterocycles. The lowest BCUT2D eigenvalue weighted by molar-refractivity contribution is 0.626. The van der Waals surface area contributed by atoms with Gasteiger partial charge in [0.05, 0.1) is 0 Å². The average molecular weight is 315 g/mol. The fourth-order valence-electron chi connectivity index (χ4n) is 2.12. The second kappa shape index (κ2) is 11.2. The molecule has 0 aliphatic heterocycles. The highest BCUT2D eigenvalue weighted by atomic mass is 19.1. The largest absolute Gasteiger partial charge is 0.388 e. The van der Waals surface area contributed by atoms with Crippen LogP contribution in [-0.2, 0) is 0 Å². The molecule has 0 aliphatic rings. The Balaban J connectivity index is 0.00000112. The van der Waals surface area contributed by atoms with Crippen molar-refractivity contribution in [3.05, 3.63) is 77.6 Å². The van der Waals surface area contributed by atoms with E-state index in [1.54, 1.807) is 12.1 Å². The van der Waals surface area contributed by atoms with Crippen LogP contribution in [0.3, 0.4) is 0 Å². The standard InChI is InChI=1S/C17H18FN.C2H4.H4N2/c1-12-5-4-6-17(19-3)16(12)10-8-14-7-9-15(18)11-13(14)2;2*1-2/h4-11,19H,1-3H3;2*1-2H2/b10-8+;;. The van der Waals surface area contributed by atoms with Crippen LogP contribution in [0.2, 0.25) is 0 Å². The molecular weight excluding hydrogens is 289 g/mol. The van der Waals surface area contributed by atoms with Crippen LogP contribution >= 0.6 is 0 Å². The molecule has 0 radical (unpaired) electrons. The van der Waals surface area contributed by atoms with Crippen molar-refractivity contribution in [2.75, 3.05) is 12.4 Å². The van der Waals surface area contributed by atoms with Gasteiger partial charge in [-0.15, -0.1) is 13.2 Å². The first-order valence-electron chi connectivity index (χ1n) is 7.17. The van der Waals surface area contributed by atoms with E-state index in [2.05, 4.69) is 49.2 Å². The van der Waals surface area contributed by atoms with Crippen LogP contribution in [0, 0.1) is 19.7 Å². The second-order valence-corrected chi connectivity index (χ2v) is 4.62. The van der Waals surface area contributed by atoms with Gasteiger partial charge >= 0.3 is 0 Å². The molecule has 23 heavy (non-hydrogen) atoms. The highest BCUT2D eigenvalue weighted by Gasteiger charge is 2.01. The smallest absolute Gasteiger partial charge is 0.123 e. The lowest BCUT2D eigenvalue weighted by Crippen LogP contribution is -2.02. The van der Waals surface area contributed by atoms with E-state index in [0.29, 0.717) is 0 Å². The van der Waals surface area contributed by atoms with Gasteiger partial charge in [-0.05, 0) is 48.7 Å². The highest BCUT2D eigenvalue weighted by Crippen LogP contribution is 2.22. The third-order valence-electron chi connectivity index (χ3n) is 3.25. The van der Waals surface area contributed by atoms with E-state index < -0.39 is 0 Å². The molecule has 124 valence electrons. The van der Waals surface area contributed by atoms with Crippen LogP contribution in [-0.4, -0.2) is 7.05 Å². The summed E-state index contributed by atoms with van der Waals surface area (Å²) in [4.78, 5) is 0. The Labute approximate surface area is 138 Å². The number of nitrogens with one attached hydrogen (secondary N) is 1. The first kappa shape index (κ1) is 20.6. The molecule has 0 bridgehead atoms. The minimum atomic E-state index is -0.193. The molecule has 5 N–H and O–H groups in total. The summed E-state index contributed by atoms with van der Waals surface area (Å²) in [6.45, 7) is 10.00. The topological polar surface area (TPSA) is 64.1 Å². The van der Waals surface area contributed by atoms with Gasteiger partial charge in [0.1, 0.15) is 5.82 Å². The Hall–Kier alpha value is -2.43. The van der Waals surface area contributed by atoms with Crippen LogP contribution < -0.4 is 17.0 Å². The van der Waals surface area contributed by atoms with Crippen LogP contribution in [0.15, 0.2) is 49.6 Å². The van der Waals surface area contributed by atoms with Crippen molar-refractivity contribution in [2.24, 2.45) is 11.7 Å². The zero-order valence-electron chi connectivity index (χ0n) is 14.1. The van der Waals surface area contributed by atoms with E-state index in [0.717, 1.165) is 22.4 Å². The first-order valence-corrected chi connectivity index (χ1v) is 7.17. The molecule has 0 saturated heterocycles. The molecule has 3 nitrogen and oxygen atoms in total. The zero-order chi connectivity index (χ0) is 17.8. The van der Waals surface area contributed by atoms with Gasteiger partial charge in [0, 0.05) is 18.3 Å². The summed E-state index contributed by atoms with van der Waals surface area (Å²) in [6, 6.07) is 11.0. The number of halogens is 1. The van der Waals surface area contributed by atoms with Crippen molar-refractivity contribution in [1.29, 1.82) is 0 Å². The third-order valence-corrected chi connectivity index (χ3v) is 3.25. The van der Waals surface area contributed by atoms with Gasteiger partial charge in [0.25, 0.3) is 0 Å². The predicted molar refractivity (Wildman–Crippen MR) is 100 cm³/mol. The minimum absolute atomic E-state index is 0.193. The molecule has 0 unspecified atom stereocenters. The van der Waals surface area contributed by atoms with Gasteiger partial charge in [-0.1, -0.05) is 30.4 Å². The Morgan fingerprint density at radius 1 is 1.00 bits per heavy atom. The maximum atomic E-state index is 13.1. The fraction of sp³-hybridized carbons (Fsp3) is 0.158. The van der Waals surface area contributed by atoms with Gasteiger partial charge in [0.15, 0.2) is 0 Å². The monoisotopic (exact) mass is 315 g/mol. The fourth-order valence-corrected chi connectivity index (χ4v) is 2.12. The number of hydrogen-bond acceptors (Lipinski definition) is 3. The number of anilines is 1. The zero-order valence-corrected chi connectivity index (χ0v) is 14.1. The van der Waals surface area contributed by atoms with Crippen LogP contribution in [0.1, 0.15) is 22.3 Å². The van der Waals surface area contributed by atoms with E-state index >= 15 is 0 Å². The maximum absolute atomic E-state index is 13.1. The number of rotatable bonds is 3. The number of benzene rings is 2. The summed E-state index contributed by atoms with van der Waals surface area (Å²) in [5, 5.41) is 3.19. The highest BCUT2D eigenvalue weighted by molar-refractivity contribution is 5.79. The van der Waals surface area contributed by atoms with Gasteiger partial charge in [-0.3, -0.25) is 11.7 Å². The van der Waals surface area contributed by atoms with Crippen molar-refractivity contribution < 1.29 is 4.39 Å². The molecule has 2 rings (SSSR count). The lowest BCUT2D eigenvalue weighted by atomic mass is 10.0. The summed E-state index contributed by atoms with van der Waals surface area (Å²) in [6.07, 6.45) is 4.10. The van der Waals surface area contributed by atoms with Crippen molar-refractivity contribution in [3.8, 4) is 0 Å². The second-order valence-electron chi connectivity index (χ2n) is 4.62. The normalized spacial score (nSPS) is 9.48. The molecule has 0 aliphatic carbocycles. The Morgan fingerprint density at radius 2 is 1.65 bits per heavy atom. The Bertz CT molecular complexity index is 637.